The minimum Gasteiger partial charge on any atom is -0.358 e. The van der Waals surface area contributed by atoms with Crippen LogP contribution in [0.25, 0.3) is 16.9 Å². The van der Waals surface area contributed by atoms with Crippen molar-refractivity contribution in [2.24, 2.45) is 0 Å². The summed E-state index contributed by atoms with van der Waals surface area (Å²) in [6, 6.07) is 0.180. The fourth-order valence-electron chi connectivity index (χ4n) is 2.90. The zero-order valence-corrected chi connectivity index (χ0v) is 18.9. The number of rotatable bonds is 8. The molecule has 1 atom stereocenters. The van der Waals surface area contributed by atoms with Gasteiger partial charge in [0.15, 0.2) is 0 Å². The van der Waals surface area contributed by atoms with Crippen molar-refractivity contribution in [1.29, 1.82) is 0 Å². The summed E-state index contributed by atoms with van der Waals surface area (Å²) >= 11 is 7.43. The molecule has 1 aromatic carbocycles. The second kappa shape index (κ2) is 9.75. The van der Waals surface area contributed by atoms with E-state index in [9.17, 15) is 13.2 Å². The van der Waals surface area contributed by atoms with Gasteiger partial charge >= 0.3 is 6.18 Å². The highest BCUT2D eigenvalue weighted by atomic mass is 35.5. The molecule has 3 rings (SSSR count). The fraction of sp³-hybridized carbons (Fsp3) is 0.421. The smallest absolute Gasteiger partial charge is 0.358 e. The standard InChI is InChI=1S/C19H20ClF5N6S/c1-10(19(23,24)25)28-17-15(16(20)29-18-26-9-27-31(17)18)14-12(21)7-11(8-13(14)22)32-6-4-5-30(2)3/h7-10,28H,4-6H2,1-3H3/t10-/m1/s1. The Morgan fingerprint density at radius 2 is 1.84 bits per heavy atom. The van der Waals surface area contributed by atoms with Crippen molar-refractivity contribution in [3.8, 4) is 11.1 Å². The van der Waals surface area contributed by atoms with Crippen LogP contribution in [-0.4, -0.2) is 63.1 Å². The van der Waals surface area contributed by atoms with Gasteiger partial charge in [0, 0.05) is 4.90 Å². The Labute approximate surface area is 190 Å². The number of fused-ring (bicyclic) bond motifs is 1. The van der Waals surface area contributed by atoms with E-state index in [-0.39, 0.29) is 17.2 Å². The third-order valence-corrected chi connectivity index (χ3v) is 5.85. The van der Waals surface area contributed by atoms with Crippen LogP contribution in [0, 0.1) is 11.6 Å². The number of halogens is 6. The molecule has 3 aromatic rings. The van der Waals surface area contributed by atoms with Crippen molar-refractivity contribution < 1.29 is 22.0 Å². The topological polar surface area (TPSA) is 58.3 Å². The third kappa shape index (κ3) is 5.41. The molecule has 0 aliphatic rings. The first-order valence-electron chi connectivity index (χ1n) is 9.48. The molecule has 1 N–H and O–H groups in total. The van der Waals surface area contributed by atoms with Crippen LogP contribution in [0.15, 0.2) is 23.4 Å². The van der Waals surface area contributed by atoms with Crippen molar-refractivity contribution in [1.82, 2.24) is 24.5 Å². The molecule has 32 heavy (non-hydrogen) atoms. The molecule has 0 aliphatic carbocycles. The van der Waals surface area contributed by atoms with Gasteiger partial charge in [-0.15, -0.1) is 11.8 Å². The van der Waals surface area contributed by atoms with E-state index >= 15 is 8.78 Å². The normalized spacial score (nSPS) is 13.2. The molecule has 2 aromatic heterocycles. The lowest BCUT2D eigenvalue weighted by Gasteiger charge is -2.21. The molecule has 174 valence electrons. The molecular formula is C19H20ClF5N6S. The average molecular weight is 495 g/mol. The second-order valence-electron chi connectivity index (χ2n) is 7.27. The molecule has 0 radical (unpaired) electrons. The van der Waals surface area contributed by atoms with E-state index in [0.29, 0.717) is 10.6 Å². The zero-order chi connectivity index (χ0) is 23.6. The van der Waals surface area contributed by atoms with Crippen molar-refractivity contribution in [2.45, 2.75) is 30.5 Å². The van der Waals surface area contributed by atoms with Gasteiger partial charge in [0.2, 0.25) is 0 Å². The molecule has 13 heteroatoms. The number of benzene rings is 1. The molecule has 0 spiro atoms. The van der Waals surface area contributed by atoms with Gasteiger partial charge in [-0.2, -0.15) is 32.8 Å². The predicted molar refractivity (Wildman–Crippen MR) is 114 cm³/mol. The predicted octanol–water partition coefficient (Wildman–Crippen LogP) is 5.13. The number of hydrogen-bond acceptors (Lipinski definition) is 6. The first-order valence-corrected chi connectivity index (χ1v) is 10.8. The van der Waals surface area contributed by atoms with Crippen LogP contribution in [0.3, 0.4) is 0 Å². The Balaban J connectivity index is 2.05. The second-order valence-corrected chi connectivity index (χ2v) is 8.80. The maximum absolute atomic E-state index is 15.0. The highest BCUT2D eigenvalue weighted by Gasteiger charge is 2.37. The van der Waals surface area contributed by atoms with Crippen LogP contribution in [0.1, 0.15) is 13.3 Å². The van der Waals surface area contributed by atoms with E-state index in [1.165, 1.54) is 11.8 Å². The quantitative estimate of drug-likeness (QED) is 0.203. The van der Waals surface area contributed by atoms with Gasteiger partial charge in [-0.25, -0.2) is 8.78 Å². The van der Waals surface area contributed by atoms with Crippen LogP contribution in [-0.2, 0) is 0 Å². The molecule has 0 bridgehead atoms. The highest BCUT2D eigenvalue weighted by Crippen LogP contribution is 2.40. The molecule has 2 heterocycles. The van der Waals surface area contributed by atoms with E-state index in [1.807, 2.05) is 19.0 Å². The summed E-state index contributed by atoms with van der Waals surface area (Å²) in [4.78, 5) is 10.1. The molecule has 6 nitrogen and oxygen atoms in total. The Hall–Kier alpha value is -2.18. The Morgan fingerprint density at radius 1 is 1.19 bits per heavy atom. The average Bonchev–Trinajstić information content (AvgIpc) is 3.13. The summed E-state index contributed by atoms with van der Waals surface area (Å²) in [7, 11) is 3.85. The van der Waals surface area contributed by atoms with E-state index in [1.54, 1.807) is 0 Å². The lowest BCUT2D eigenvalue weighted by molar-refractivity contribution is -0.138. The van der Waals surface area contributed by atoms with Gasteiger partial charge in [0.05, 0.1) is 11.1 Å². The summed E-state index contributed by atoms with van der Waals surface area (Å²) in [5.74, 6) is -1.81. The number of nitrogens with one attached hydrogen (secondary N) is 1. The molecule has 0 saturated carbocycles. The van der Waals surface area contributed by atoms with Gasteiger partial charge in [0.1, 0.15) is 35.0 Å². The summed E-state index contributed by atoms with van der Waals surface area (Å²) in [5, 5.41) is 5.62. The number of hydrogen-bond donors (Lipinski definition) is 1. The molecule has 0 fully saturated rings. The summed E-state index contributed by atoms with van der Waals surface area (Å²) in [5.41, 5.74) is -0.977. The van der Waals surface area contributed by atoms with Crippen LogP contribution >= 0.6 is 23.4 Å². The number of nitrogens with zero attached hydrogens (tertiary/aromatic N) is 5. The number of alkyl halides is 3. The lowest BCUT2D eigenvalue weighted by atomic mass is 10.1. The largest absolute Gasteiger partial charge is 0.408 e. The van der Waals surface area contributed by atoms with Gasteiger partial charge in [0.25, 0.3) is 5.78 Å². The first-order chi connectivity index (χ1) is 15.0. The van der Waals surface area contributed by atoms with Gasteiger partial charge in [-0.3, -0.25) is 0 Å². The Bertz CT molecular complexity index is 1080. The van der Waals surface area contributed by atoms with Crippen LogP contribution in [0.4, 0.5) is 27.8 Å². The zero-order valence-electron chi connectivity index (χ0n) is 17.3. The van der Waals surface area contributed by atoms with Crippen molar-refractivity contribution >= 4 is 35.0 Å². The number of anilines is 1. The van der Waals surface area contributed by atoms with Crippen LogP contribution < -0.4 is 5.32 Å². The summed E-state index contributed by atoms with van der Waals surface area (Å²) in [6.07, 6.45) is -2.78. The summed E-state index contributed by atoms with van der Waals surface area (Å²) < 4.78 is 70.6. The Morgan fingerprint density at radius 3 is 2.44 bits per heavy atom. The lowest BCUT2D eigenvalue weighted by Crippen LogP contribution is -2.34. The molecule has 0 amide bonds. The van der Waals surface area contributed by atoms with E-state index in [4.69, 9.17) is 11.6 Å². The van der Waals surface area contributed by atoms with Gasteiger partial charge < -0.3 is 10.2 Å². The molecule has 0 saturated heterocycles. The van der Waals surface area contributed by atoms with E-state index < -0.39 is 34.6 Å². The van der Waals surface area contributed by atoms with E-state index in [0.717, 1.165) is 42.9 Å². The SMILES string of the molecule is C[C@@H](Nc1c(-c2c(F)cc(SCCCN(C)C)cc2F)c(Cl)nc2ncnn12)C(F)(F)F. The van der Waals surface area contributed by atoms with Crippen LogP contribution in [0.5, 0.6) is 0 Å². The highest BCUT2D eigenvalue weighted by molar-refractivity contribution is 7.99. The maximum atomic E-state index is 15.0. The Kier molecular flexibility index (Phi) is 7.46. The molecule has 0 unspecified atom stereocenters. The third-order valence-electron chi connectivity index (χ3n) is 4.51. The minimum absolute atomic E-state index is 0.121. The fourth-order valence-corrected chi connectivity index (χ4v) is 4.04. The van der Waals surface area contributed by atoms with Crippen molar-refractivity contribution in [2.75, 3.05) is 31.7 Å². The van der Waals surface area contributed by atoms with Gasteiger partial charge in [-0.05, 0) is 51.9 Å². The number of thioether (sulfide) groups is 1. The van der Waals surface area contributed by atoms with Gasteiger partial charge in [-0.1, -0.05) is 11.6 Å². The van der Waals surface area contributed by atoms with Crippen molar-refractivity contribution in [3.63, 3.8) is 0 Å². The first kappa shape index (κ1) is 24.5. The molecular weight excluding hydrogens is 475 g/mol. The van der Waals surface area contributed by atoms with Crippen molar-refractivity contribution in [3.05, 3.63) is 35.2 Å². The maximum Gasteiger partial charge on any atom is 0.408 e. The monoisotopic (exact) mass is 494 g/mol. The summed E-state index contributed by atoms with van der Waals surface area (Å²) in [6.45, 7) is 1.68. The van der Waals surface area contributed by atoms with E-state index in [2.05, 4.69) is 20.4 Å². The molecule has 0 aliphatic heterocycles. The minimum atomic E-state index is -4.63. The van der Waals surface area contributed by atoms with Crippen LogP contribution in [0.2, 0.25) is 5.15 Å². The number of aromatic nitrogens is 4.